The van der Waals surface area contributed by atoms with E-state index in [0.29, 0.717) is 5.82 Å². The van der Waals surface area contributed by atoms with E-state index in [-0.39, 0.29) is 12.0 Å². The van der Waals surface area contributed by atoms with Crippen molar-refractivity contribution in [1.29, 1.82) is 0 Å². The molecule has 1 aromatic heterocycles. The number of hydrogen-bond acceptors (Lipinski definition) is 5. The number of likely N-dealkylation sites (N-methyl/N-ethyl adjacent to an activating group) is 1. The van der Waals surface area contributed by atoms with Gasteiger partial charge >= 0.3 is 0 Å². The summed E-state index contributed by atoms with van der Waals surface area (Å²) in [6, 6.07) is 0.214. The summed E-state index contributed by atoms with van der Waals surface area (Å²) in [5, 5.41) is 0. The van der Waals surface area contributed by atoms with Gasteiger partial charge in [0, 0.05) is 19.1 Å². The number of nitrogens with zero attached hydrogens (tertiary/aromatic N) is 4. The van der Waals surface area contributed by atoms with E-state index >= 15 is 0 Å². The van der Waals surface area contributed by atoms with Gasteiger partial charge in [-0.05, 0) is 26.9 Å². The van der Waals surface area contributed by atoms with Crippen molar-refractivity contribution < 1.29 is 4.39 Å². The highest BCUT2D eigenvalue weighted by Gasteiger charge is 2.23. The summed E-state index contributed by atoms with van der Waals surface area (Å²) in [6.45, 7) is 4.77. The van der Waals surface area contributed by atoms with Gasteiger partial charge in [-0.15, -0.1) is 0 Å². The monoisotopic (exact) mass is 239 g/mol. The summed E-state index contributed by atoms with van der Waals surface area (Å²) >= 11 is 0. The second-order valence-corrected chi connectivity index (χ2v) is 4.56. The van der Waals surface area contributed by atoms with Gasteiger partial charge in [-0.25, -0.2) is 9.37 Å². The molecule has 5 nitrogen and oxygen atoms in total. The van der Waals surface area contributed by atoms with Crippen LogP contribution in [0.2, 0.25) is 0 Å². The Labute approximate surface area is 100 Å². The number of hydrogen-bond donors (Lipinski definition) is 1. The normalized spacial score (nSPS) is 22.5. The Morgan fingerprint density at radius 3 is 3.00 bits per heavy atom. The quantitative estimate of drug-likeness (QED) is 0.783. The van der Waals surface area contributed by atoms with Crippen LogP contribution in [0.4, 0.5) is 16.2 Å². The highest BCUT2D eigenvalue weighted by atomic mass is 19.1. The zero-order valence-electron chi connectivity index (χ0n) is 10.2. The highest BCUT2D eigenvalue weighted by molar-refractivity contribution is 5.43. The van der Waals surface area contributed by atoms with E-state index in [9.17, 15) is 4.39 Å². The molecular formula is C11H18FN5. The van der Waals surface area contributed by atoms with E-state index in [2.05, 4.69) is 28.8 Å². The lowest BCUT2D eigenvalue weighted by molar-refractivity contribution is 0.336. The van der Waals surface area contributed by atoms with Crippen molar-refractivity contribution >= 4 is 11.8 Å². The van der Waals surface area contributed by atoms with Crippen LogP contribution in [-0.4, -0.2) is 47.6 Å². The van der Waals surface area contributed by atoms with Crippen molar-refractivity contribution in [2.45, 2.75) is 19.4 Å². The summed E-state index contributed by atoms with van der Waals surface area (Å²) in [6.07, 6.45) is 2.13. The molecule has 0 aromatic carbocycles. The minimum absolute atomic E-state index is 0.117. The van der Waals surface area contributed by atoms with Crippen molar-refractivity contribution in [2.75, 3.05) is 37.3 Å². The third-order valence-electron chi connectivity index (χ3n) is 3.06. The van der Waals surface area contributed by atoms with Crippen LogP contribution < -0.4 is 10.6 Å². The van der Waals surface area contributed by atoms with E-state index in [4.69, 9.17) is 5.73 Å². The Hall–Kier alpha value is -1.43. The minimum Gasteiger partial charge on any atom is -0.368 e. The number of aromatic nitrogens is 2. The Kier molecular flexibility index (Phi) is 3.42. The van der Waals surface area contributed by atoms with Gasteiger partial charge in [-0.1, -0.05) is 0 Å². The molecule has 0 bridgehead atoms. The van der Waals surface area contributed by atoms with Gasteiger partial charge in [0.1, 0.15) is 0 Å². The van der Waals surface area contributed by atoms with Crippen molar-refractivity contribution in [3.05, 3.63) is 12.0 Å². The van der Waals surface area contributed by atoms with Crippen LogP contribution in [0.25, 0.3) is 0 Å². The molecular weight excluding hydrogens is 221 g/mol. The minimum atomic E-state index is -0.407. The predicted octanol–water partition coefficient (Wildman–Crippen LogP) is 0.728. The SMILES string of the molecule is CC1CN(C)CCCN1c1nc(N)ncc1F. The van der Waals surface area contributed by atoms with Gasteiger partial charge in [0.25, 0.3) is 0 Å². The van der Waals surface area contributed by atoms with Crippen LogP contribution in [0.5, 0.6) is 0 Å². The van der Waals surface area contributed by atoms with Crippen LogP contribution in [0, 0.1) is 5.82 Å². The van der Waals surface area contributed by atoms with Gasteiger partial charge < -0.3 is 15.5 Å². The van der Waals surface area contributed by atoms with Gasteiger partial charge in [0.2, 0.25) is 5.95 Å². The van der Waals surface area contributed by atoms with E-state index in [1.807, 2.05) is 4.90 Å². The molecule has 0 saturated carbocycles. The standard InChI is InChI=1S/C11H18FN5/c1-8-7-16(2)4-3-5-17(8)10-9(12)6-14-11(13)15-10/h6,8H,3-5,7H2,1-2H3,(H2,13,14,15). The smallest absolute Gasteiger partial charge is 0.222 e. The fraction of sp³-hybridized carbons (Fsp3) is 0.636. The van der Waals surface area contributed by atoms with Crippen molar-refractivity contribution in [2.24, 2.45) is 0 Å². The summed E-state index contributed by atoms with van der Waals surface area (Å²) in [5.41, 5.74) is 5.52. The lowest BCUT2D eigenvalue weighted by Gasteiger charge is -2.29. The molecule has 1 atom stereocenters. The molecule has 2 N–H and O–H groups in total. The molecule has 2 heterocycles. The van der Waals surface area contributed by atoms with Crippen LogP contribution in [0.15, 0.2) is 6.20 Å². The molecule has 0 spiro atoms. The van der Waals surface area contributed by atoms with Crippen molar-refractivity contribution in [1.82, 2.24) is 14.9 Å². The third kappa shape index (κ3) is 2.63. The van der Waals surface area contributed by atoms with Crippen LogP contribution in [-0.2, 0) is 0 Å². The lowest BCUT2D eigenvalue weighted by atomic mass is 10.2. The van der Waals surface area contributed by atoms with Gasteiger partial charge in [0.05, 0.1) is 6.20 Å². The second kappa shape index (κ2) is 4.83. The fourth-order valence-electron chi connectivity index (χ4n) is 2.26. The second-order valence-electron chi connectivity index (χ2n) is 4.56. The largest absolute Gasteiger partial charge is 0.368 e. The maximum absolute atomic E-state index is 13.7. The lowest BCUT2D eigenvalue weighted by Crippen LogP contribution is -2.39. The molecule has 1 aromatic rings. The third-order valence-corrected chi connectivity index (χ3v) is 3.06. The summed E-state index contributed by atoms with van der Waals surface area (Å²) in [4.78, 5) is 11.9. The predicted molar refractivity (Wildman–Crippen MR) is 65.3 cm³/mol. The molecule has 2 rings (SSSR count). The highest BCUT2D eigenvalue weighted by Crippen LogP contribution is 2.21. The van der Waals surface area contributed by atoms with E-state index in [1.165, 1.54) is 0 Å². The first-order valence-corrected chi connectivity index (χ1v) is 5.81. The molecule has 0 radical (unpaired) electrons. The van der Waals surface area contributed by atoms with E-state index in [1.54, 1.807) is 0 Å². The first-order chi connectivity index (χ1) is 8.08. The Morgan fingerprint density at radius 2 is 2.24 bits per heavy atom. The zero-order chi connectivity index (χ0) is 12.4. The fourth-order valence-corrected chi connectivity index (χ4v) is 2.26. The average Bonchev–Trinajstić information content (AvgIpc) is 2.43. The average molecular weight is 239 g/mol. The molecule has 1 fully saturated rings. The van der Waals surface area contributed by atoms with Gasteiger partial charge in [-0.3, -0.25) is 0 Å². The molecule has 94 valence electrons. The molecule has 0 aliphatic carbocycles. The molecule has 17 heavy (non-hydrogen) atoms. The summed E-state index contributed by atoms with van der Waals surface area (Å²) in [7, 11) is 2.07. The molecule has 1 aliphatic heterocycles. The van der Waals surface area contributed by atoms with Crippen molar-refractivity contribution in [3.8, 4) is 0 Å². The number of halogens is 1. The Morgan fingerprint density at radius 1 is 1.47 bits per heavy atom. The first kappa shape index (κ1) is 12.0. The van der Waals surface area contributed by atoms with Crippen LogP contribution in [0.3, 0.4) is 0 Å². The van der Waals surface area contributed by atoms with Crippen LogP contribution >= 0.6 is 0 Å². The summed E-state index contributed by atoms with van der Waals surface area (Å²) in [5.74, 6) is 0.0297. The maximum Gasteiger partial charge on any atom is 0.222 e. The summed E-state index contributed by atoms with van der Waals surface area (Å²) < 4.78 is 13.7. The Bertz CT molecular complexity index is 397. The van der Waals surface area contributed by atoms with Crippen LogP contribution in [0.1, 0.15) is 13.3 Å². The molecule has 0 amide bonds. The molecule has 6 heteroatoms. The molecule has 1 saturated heterocycles. The van der Waals surface area contributed by atoms with E-state index < -0.39 is 5.82 Å². The molecule has 1 unspecified atom stereocenters. The number of nitrogens with two attached hydrogens (primary N) is 1. The molecule has 1 aliphatic rings. The van der Waals surface area contributed by atoms with E-state index in [0.717, 1.165) is 32.3 Å². The van der Waals surface area contributed by atoms with Gasteiger partial charge in [-0.2, -0.15) is 4.98 Å². The van der Waals surface area contributed by atoms with Gasteiger partial charge in [0.15, 0.2) is 11.6 Å². The maximum atomic E-state index is 13.7. The number of anilines is 2. The zero-order valence-corrected chi connectivity index (χ0v) is 10.2. The number of rotatable bonds is 1. The first-order valence-electron chi connectivity index (χ1n) is 5.81. The van der Waals surface area contributed by atoms with Crippen molar-refractivity contribution in [3.63, 3.8) is 0 Å². The number of nitrogen functional groups attached to an aromatic ring is 1. The topological polar surface area (TPSA) is 58.3 Å². The Balaban J connectivity index is 2.28.